The molecular formula is C14H27N3O. The first-order chi connectivity index (χ1) is 8.56. The van der Waals surface area contributed by atoms with Gasteiger partial charge in [-0.3, -0.25) is 4.90 Å². The number of likely N-dealkylation sites (N-methyl/N-ethyl adjacent to an activating group) is 1. The normalized spacial score (nSPS) is 15.3. The van der Waals surface area contributed by atoms with Gasteiger partial charge in [0.2, 0.25) is 0 Å². The highest BCUT2D eigenvalue weighted by molar-refractivity contribution is 5.07. The van der Waals surface area contributed by atoms with Crippen LogP contribution in [-0.2, 0) is 0 Å². The fourth-order valence-electron chi connectivity index (χ4n) is 2.32. The largest absolute Gasteiger partial charge is 0.468 e. The third-order valence-electron chi connectivity index (χ3n) is 3.18. The fourth-order valence-corrected chi connectivity index (χ4v) is 2.32. The maximum atomic E-state index is 6.12. The fraction of sp³-hybridized carbons (Fsp3) is 0.714. The number of hydrogen-bond acceptors (Lipinski definition) is 4. The standard InChI is InChI=1S/C14H27N3O/c1-5-17(10-7-9-16(3)4)14(12(2)15)13-8-6-11-18-13/h6,8,11-12,14H,5,7,9-10,15H2,1-4H3. The van der Waals surface area contributed by atoms with Crippen LogP contribution in [0.15, 0.2) is 22.8 Å². The lowest BCUT2D eigenvalue weighted by molar-refractivity contribution is 0.156. The molecule has 1 aromatic rings. The van der Waals surface area contributed by atoms with Gasteiger partial charge >= 0.3 is 0 Å². The van der Waals surface area contributed by atoms with Gasteiger partial charge in [0.05, 0.1) is 12.3 Å². The smallest absolute Gasteiger partial charge is 0.122 e. The molecule has 1 aromatic heterocycles. The third-order valence-corrected chi connectivity index (χ3v) is 3.18. The Morgan fingerprint density at radius 2 is 2.06 bits per heavy atom. The minimum Gasteiger partial charge on any atom is -0.468 e. The summed E-state index contributed by atoms with van der Waals surface area (Å²) in [5.41, 5.74) is 6.12. The van der Waals surface area contributed by atoms with Crippen molar-refractivity contribution in [3.63, 3.8) is 0 Å². The van der Waals surface area contributed by atoms with Crippen molar-refractivity contribution in [3.05, 3.63) is 24.2 Å². The molecule has 0 radical (unpaired) electrons. The van der Waals surface area contributed by atoms with Gasteiger partial charge in [-0.25, -0.2) is 0 Å². The van der Waals surface area contributed by atoms with Gasteiger partial charge in [0.25, 0.3) is 0 Å². The van der Waals surface area contributed by atoms with Gasteiger partial charge in [0, 0.05) is 12.6 Å². The summed E-state index contributed by atoms with van der Waals surface area (Å²) in [5, 5.41) is 0. The second-order valence-electron chi connectivity index (χ2n) is 5.10. The predicted octanol–water partition coefficient (Wildman–Crippen LogP) is 1.94. The summed E-state index contributed by atoms with van der Waals surface area (Å²) >= 11 is 0. The molecule has 0 saturated heterocycles. The van der Waals surface area contributed by atoms with Gasteiger partial charge in [-0.15, -0.1) is 0 Å². The van der Waals surface area contributed by atoms with E-state index in [0.717, 1.165) is 31.8 Å². The van der Waals surface area contributed by atoms with Gasteiger partial charge in [0.1, 0.15) is 5.76 Å². The van der Waals surface area contributed by atoms with Crippen LogP contribution >= 0.6 is 0 Å². The van der Waals surface area contributed by atoms with E-state index in [1.807, 2.05) is 19.1 Å². The van der Waals surface area contributed by atoms with Gasteiger partial charge in [0.15, 0.2) is 0 Å². The molecule has 0 aliphatic carbocycles. The molecule has 2 atom stereocenters. The lowest BCUT2D eigenvalue weighted by atomic mass is 10.1. The first-order valence-electron chi connectivity index (χ1n) is 6.74. The molecule has 4 heteroatoms. The Hall–Kier alpha value is -0.840. The Bertz CT molecular complexity index is 309. The number of nitrogens with two attached hydrogens (primary N) is 1. The van der Waals surface area contributed by atoms with E-state index < -0.39 is 0 Å². The van der Waals surface area contributed by atoms with Crippen molar-refractivity contribution in [1.82, 2.24) is 9.80 Å². The lowest BCUT2D eigenvalue weighted by Gasteiger charge is -2.32. The number of hydrogen-bond donors (Lipinski definition) is 1. The van der Waals surface area contributed by atoms with Gasteiger partial charge in [-0.1, -0.05) is 6.92 Å². The third kappa shape index (κ3) is 4.44. The van der Waals surface area contributed by atoms with Gasteiger partial charge in [-0.2, -0.15) is 0 Å². The topological polar surface area (TPSA) is 45.6 Å². The minimum absolute atomic E-state index is 0.0652. The van der Waals surface area contributed by atoms with Crippen molar-refractivity contribution >= 4 is 0 Å². The van der Waals surface area contributed by atoms with E-state index in [1.165, 1.54) is 0 Å². The number of furan rings is 1. The van der Waals surface area contributed by atoms with Crippen LogP contribution in [0.2, 0.25) is 0 Å². The van der Waals surface area contributed by atoms with Crippen LogP contribution in [0.25, 0.3) is 0 Å². The van der Waals surface area contributed by atoms with Crippen LogP contribution in [0.3, 0.4) is 0 Å². The maximum absolute atomic E-state index is 6.12. The summed E-state index contributed by atoms with van der Waals surface area (Å²) < 4.78 is 5.54. The van der Waals surface area contributed by atoms with Crippen molar-refractivity contribution in [2.75, 3.05) is 33.7 Å². The molecule has 2 unspecified atom stereocenters. The SMILES string of the molecule is CCN(CCCN(C)C)C(c1ccco1)C(C)N. The average molecular weight is 253 g/mol. The van der Waals surface area contributed by atoms with Crippen LogP contribution in [0.5, 0.6) is 0 Å². The summed E-state index contributed by atoms with van der Waals surface area (Å²) in [6, 6.07) is 4.18. The van der Waals surface area contributed by atoms with Crippen LogP contribution in [0.4, 0.5) is 0 Å². The molecular weight excluding hydrogens is 226 g/mol. The zero-order chi connectivity index (χ0) is 13.5. The summed E-state index contributed by atoms with van der Waals surface area (Å²) in [4.78, 5) is 4.61. The first kappa shape index (κ1) is 15.2. The van der Waals surface area contributed by atoms with E-state index >= 15 is 0 Å². The van der Waals surface area contributed by atoms with E-state index in [2.05, 4.69) is 30.8 Å². The number of rotatable bonds is 8. The van der Waals surface area contributed by atoms with Crippen molar-refractivity contribution in [1.29, 1.82) is 0 Å². The molecule has 0 aliphatic rings. The Morgan fingerprint density at radius 1 is 1.33 bits per heavy atom. The van der Waals surface area contributed by atoms with Crippen LogP contribution < -0.4 is 5.73 Å². The quantitative estimate of drug-likeness (QED) is 0.769. The lowest BCUT2D eigenvalue weighted by Crippen LogP contribution is -2.40. The van der Waals surface area contributed by atoms with Crippen molar-refractivity contribution in [2.45, 2.75) is 32.4 Å². The molecule has 0 saturated carbocycles. The zero-order valence-electron chi connectivity index (χ0n) is 12.1. The monoisotopic (exact) mass is 253 g/mol. The van der Waals surface area contributed by atoms with Crippen molar-refractivity contribution in [2.24, 2.45) is 5.73 Å². The van der Waals surface area contributed by atoms with Crippen LogP contribution in [0, 0.1) is 0 Å². The van der Waals surface area contributed by atoms with E-state index in [0.29, 0.717) is 0 Å². The molecule has 0 bridgehead atoms. The average Bonchev–Trinajstić information content (AvgIpc) is 2.80. The van der Waals surface area contributed by atoms with Crippen molar-refractivity contribution < 1.29 is 4.42 Å². The number of nitrogens with zero attached hydrogens (tertiary/aromatic N) is 2. The highest BCUT2D eigenvalue weighted by atomic mass is 16.3. The maximum Gasteiger partial charge on any atom is 0.122 e. The molecule has 4 nitrogen and oxygen atoms in total. The molecule has 0 aliphatic heterocycles. The summed E-state index contributed by atoms with van der Waals surface area (Å²) in [6.45, 7) is 7.35. The minimum atomic E-state index is 0.0652. The zero-order valence-corrected chi connectivity index (χ0v) is 12.1. The molecule has 0 fully saturated rings. The van der Waals surface area contributed by atoms with E-state index in [-0.39, 0.29) is 12.1 Å². The Labute approximate surface area is 111 Å². The molecule has 104 valence electrons. The first-order valence-corrected chi connectivity index (χ1v) is 6.74. The van der Waals surface area contributed by atoms with Crippen molar-refractivity contribution in [3.8, 4) is 0 Å². The highest BCUT2D eigenvalue weighted by Gasteiger charge is 2.24. The summed E-state index contributed by atoms with van der Waals surface area (Å²) in [6.07, 6.45) is 2.86. The Balaban J connectivity index is 2.64. The molecule has 1 heterocycles. The Morgan fingerprint density at radius 3 is 2.50 bits per heavy atom. The second-order valence-corrected chi connectivity index (χ2v) is 5.10. The van der Waals surface area contributed by atoms with Crippen LogP contribution in [-0.4, -0.2) is 49.6 Å². The van der Waals surface area contributed by atoms with E-state index in [1.54, 1.807) is 6.26 Å². The van der Waals surface area contributed by atoms with E-state index in [9.17, 15) is 0 Å². The molecule has 0 spiro atoms. The molecule has 18 heavy (non-hydrogen) atoms. The molecule has 1 rings (SSSR count). The Kier molecular flexibility index (Phi) is 6.39. The van der Waals surface area contributed by atoms with E-state index in [4.69, 9.17) is 10.2 Å². The molecule has 2 N–H and O–H groups in total. The van der Waals surface area contributed by atoms with Crippen LogP contribution in [0.1, 0.15) is 32.1 Å². The summed E-state index contributed by atoms with van der Waals surface area (Å²) in [7, 11) is 4.21. The molecule has 0 amide bonds. The second kappa shape index (κ2) is 7.56. The highest BCUT2D eigenvalue weighted by Crippen LogP contribution is 2.23. The molecule has 0 aromatic carbocycles. The predicted molar refractivity (Wildman–Crippen MR) is 75.5 cm³/mol. The summed E-state index contributed by atoms with van der Waals surface area (Å²) in [5.74, 6) is 0.969. The van der Waals surface area contributed by atoms with Gasteiger partial charge in [-0.05, 0) is 52.7 Å². The van der Waals surface area contributed by atoms with Gasteiger partial charge < -0.3 is 15.1 Å².